The van der Waals surface area contributed by atoms with Crippen molar-refractivity contribution in [2.75, 3.05) is 0 Å². The van der Waals surface area contributed by atoms with Gasteiger partial charge < -0.3 is 8.83 Å². The topological polar surface area (TPSA) is 52.1 Å². The molecule has 0 aliphatic rings. The van der Waals surface area contributed by atoms with Crippen molar-refractivity contribution in [2.45, 2.75) is 6.42 Å². The van der Waals surface area contributed by atoms with Crippen LogP contribution >= 0.6 is 46.4 Å². The maximum atomic E-state index is 6.09. The average molecular weight is 388 g/mol. The first-order valence-electron chi connectivity index (χ1n) is 6.48. The summed E-state index contributed by atoms with van der Waals surface area (Å²) in [5, 5.41) is 1.79. The Morgan fingerprint density at radius 1 is 0.696 bits per heavy atom. The molecule has 4 rings (SSSR count). The SMILES string of the molecule is Clc1cc(Cl)c2oc(Cc3nc4cc(Cl)cc(Cl)c4o3)nc2c1. The van der Waals surface area contributed by atoms with Crippen molar-refractivity contribution in [2.24, 2.45) is 0 Å². The first-order valence-corrected chi connectivity index (χ1v) is 8.00. The highest BCUT2D eigenvalue weighted by molar-refractivity contribution is 6.38. The van der Waals surface area contributed by atoms with Gasteiger partial charge in [-0.05, 0) is 24.3 Å². The van der Waals surface area contributed by atoms with Crippen molar-refractivity contribution in [3.05, 3.63) is 56.1 Å². The minimum absolute atomic E-state index is 0.255. The highest BCUT2D eigenvalue weighted by Crippen LogP contribution is 2.31. The van der Waals surface area contributed by atoms with E-state index in [1.807, 2.05) is 0 Å². The number of aromatic nitrogens is 2. The fourth-order valence-corrected chi connectivity index (χ4v) is 3.33. The molecular formula is C15H6Cl4N2O2. The molecule has 0 fully saturated rings. The Labute approximate surface area is 149 Å². The molecule has 4 nitrogen and oxygen atoms in total. The van der Waals surface area contributed by atoms with Gasteiger partial charge in [0.15, 0.2) is 11.2 Å². The zero-order valence-electron chi connectivity index (χ0n) is 11.2. The molecule has 0 aliphatic heterocycles. The van der Waals surface area contributed by atoms with Gasteiger partial charge in [0.1, 0.15) is 17.5 Å². The molecule has 23 heavy (non-hydrogen) atoms. The van der Waals surface area contributed by atoms with E-state index in [-0.39, 0.29) is 6.42 Å². The molecule has 2 heterocycles. The van der Waals surface area contributed by atoms with E-state index in [1.54, 1.807) is 24.3 Å². The van der Waals surface area contributed by atoms with Crippen LogP contribution in [0.5, 0.6) is 0 Å². The van der Waals surface area contributed by atoms with Crippen LogP contribution in [-0.2, 0) is 6.42 Å². The molecule has 116 valence electrons. The molecule has 0 radical (unpaired) electrons. The lowest BCUT2D eigenvalue weighted by molar-refractivity contribution is 0.488. The highest BCUT2D eigenvalue weighted by atomic mass is 35.5. The highest BCUT2D eigenvalue weighted by Gasteiger charge is 2.15. The molecule has 8 heteroatoms. The zero-order valence-corrected chi connectivity index (χ0v) is 14.3. The second-order valence-electron chi connectivity index (χ2n) is 4.86. The standard InChI is InChI=1S/C15H6Cl4N2O2/c16-6-1-8(18)14-10(3-6)20-12(22-14)5-13-21-11-4-7(17)2-9(19)15(11)23-13/h1-4H,5H2. The van der Waals surface area contributed by atoms with E-state index in [0.29, 0.717) is 54.1 Å². The molecule has 0 bridgehead atoms. The van der Waals surface area contributed by atoms with Gasteiger partial charge in [0, 0.05) is 10.0 Å². The molecule has 0 atom stereocenters. The Kier molecular flexibility index (Phi) is 3.65. The van der Waals surface area contributed by atoms with Crippen LogP contribution in [0.4, 0.5) is 0 Å². The van der Waals surface area contributed by atoms with Crippen molar-refractivity contribution in [1.82, 2.24) is 9.97 Å². The summed E-state index contributed by atoms with van der Waals surface area (Å²) < 4.78 is 11.3. The number of hydrogen-bond acceptors (Lipinski definition) is 4. The summed E-state index contributed by atoms with van der Waals surface area (Å²) in [6.07, 6.45) is 0.255. The summed E-state index contributed by atoms with van der Waals surface area (Å²) in [7, 11) is 0. The van der Waals surface area contributed by atoms with Crippen LogP contribution in [0.1, 0.15) is 11.8 Å². The van der Waals surface area contributed by atoms with Crippen LogP contribution in [0.3, 0.4) is 0 Å². The van der Waals surface area contributed by atoms with E-state index >= 15 is 0 Å². The lowest BCUT2D eigenvalue weighted by atomic mass is 10.3. The van der Waals surface area contributed by atoms with Gasteiger partial charge in [-0.25, -0.2) is 9.97 Å². The fraction of sp³-hybridized carbons (Fsp3) is 0.0667. The minimum Gasteiger partial charge on any atom is -0.439 e. The average Bonchev–Trinajstić information content (AvgIpc) is 3.02. The molecular weight excluding hydrogens is 382 g/mol. The molecule has 2 aromatic heterocycles. The van der Waals surface area contributed by atoms with Crippen molar-refractivity contribution < 1.29 is 8.83 Å². The van der Waals surface area contributed by atoms with Gasteiger partial charge in [-0.2, -0.15) is 0 Å². The van der Waals surface area contributed by atoms with Crippen LogP contribution in [-0.4, -0.2) is 9.97 Å². The Balaban J connectivity index is 1.75. The van der Waals surface area contributed by atoms with E-state index in [1.165, 1.54) is 0 Å². The molecule has 4 aromatic rings. The number of benzene rings is 2. The molecule has 0 aliphatic carbocycles. The van der Waals surface area contributed by atoms with Crippen molar-refractivity contribution in [1.29, 1.82) is 0 Å². The van der Waals surface area contributed by atoms with E-state index < -0.39 is 0 Å². The second-order valence-corrected chi connectivity index (χ2v) is 6.55. The Bertz CT molecular complexity index is 971. The summed E-state index contributed by atoms with van der Waals surface area (Å²) in [4.78, 5) is 8.69. The van der Waals surface area contributed by atoms with E-state index in [4.69, 9.17) is 55.2 Å². The van der Waals surface area contributed by atoms with E-state index in [0.717, 1.165) is 0 Å². The zero-order chi connectivity index (χ0) is 16.1. The van der Waals surface area contributed by atoms with Crippen LogP contribution in [0.2, 0.25) is 20.1 Å². The number of rotatable bonds is 2. The third kappa shape index (κ3) is 2.76. The number of oxazole rings is 2. The van der Waals surface area contributed by atoms with Crippen LogP contribution in [0, 0.1) is 0 Å². The van der Waals surface area contributed by atoms with Crippen molar-refractivity contribution >= 4 is 68.6 Å². The smallest absolute Gasteiger partial charge is 0.204 e. The van der Waals surface area contributed by atoms with Gasteiger partial charge in [0.25, 0.3) is 0 Å². The first kappa shape index (κ1) is 15.1. The Hall–Kier alpha value is -1.46. The fourth-order valence-electron chi connectivity index (χ4n) is 2.29. The number of halogens is 4. The maximum absolute atomic E-state index is 6.09. The van der Waals surface area contributed by atoms with Gasteiger partial charge in [-0.15, -0.1) is 0 Å². The molecule has 0 N–H and O–H groups in total. The molecule has 0 saturated heterocycles. The van der Waals surface area contributed by atoms with Crippen molar-refractivity contribution in [3.63, 3.8) is 0 Å². The molecule has 0 spiro atoms. The minimum atomic E-state index is 0.255. The van der Waals surface area contributed by atoms with Crippen LogP contribution in [0.15, 0.2) is 33.1 Å². The quantitative estimate of drug-likeness (QED) is 0.412. The summed E-state index contributed by atoms with van der Waals surface area (Å²) in [5.74, 6) is 0.830. The van der Waals surface area contributed by atoms with Crippen LogP contribution < -0.4 is 0 Å². The number of hydrogen-bond donors (Lipinski definition) is 0. The lowest BCUT2D eigenvalue weighted by Crippen LogP contribution is -1.87. The van der Waals surface area contributed by atoms with E-state index in [2.05, 4.69) is 9.97 Å². The monoisotopic (exact) mass is 386 g/mol. The van der Waals surface area contributed by atoms with E-state index in [9.17, 15) is 0 Å². The van der Waals surface area contributed by atoms with Gasteiger partial charge in [0.2, 0.25) is 11.8 Å². The van der Waals surface area contributed by atoms with Crippen LogP contribution in [0.25, 0.3) is 22.2 Å². The van der Waals surface area contributed by atoms with Gasteiger partial charge in [-0.1, -0.05) is 46.4 Å². The number of fused-ring (bicyclic) bond motifs is 2. The lowest BCUT2D eigenvalue weighted by Gasteiger charge is -1.92. The number of nitrogens with zero attached hydrogens (tertiary/aromatic N) is 2. The molecule has 0 saturated carbocycles. The largest absolute Gasteiger partial charge is 0.439 e. The molecule has 0 unspecified atom stereocenters. The summed E-state index contributed by atoms with van der Waals surface area (Å²) in [6, 6.07) is 6.56. The predicted molar refractivity (Wildman–Crippen MR) is 90.9 cm³/mol. The first-order chi connectivity index (χ1) is 11.0. The maximum Gasteiger partial charge on any atom is 0.204 e. The normalized spacial score (nSPS) is 11.7. The summed E-state index contributed by atoms with van der Waals surface area (Å²) in [6.45, 7) is 0. The summed E-state index contributed by atoms with van der Waals surface area (Å²) >= 11 is 24.1. The third-order valence-electron chi connectivity index (χ3n) is 3.21. The molecule has 2 aromatic carbocycles. The Morgan fingerprint density at radius 3 is 1.57 bits per heavy atom. The molecule has 0 amide bonds. The van der Waals surface area contributed by atoms with Crippen molar-refractivity contribution in [3.8, 4) is 0 Å². The Morgan fingerprint density at radius 2 is 1.13 bits per heavy atom. The third-order valence-corrected chi connectivity index (χ3v) is 4.21. The predicted octanol–water partition coefficient (Wildman–Crippen LogP) is 6.17. The summed E-state index contributed by atoms with van der Waals surface area (Å²) in [5.41, 5.74) is 2.11. The van der Waals surface area contributed by atoms with Gasteiger partial charge in [0.05, 0.1) is 10.0 Å². The second kappa shape index (κ2) is 5.56. The van der Waals surface area contributed by atoms with Gasteiger partial charge >= 0.3 is 0 Å². The van der Waals surface area contributed by atoms with Gasteiger partial charge in [-0.3, -0.25) is 0 Å².